The first-order valence-electron chi connectivity index (χ1n) is 5.81. The molecule has 7 heteroatoms. The summed E-state index contributed by atoms with van der Waals surface area (Å²) in [4.78, 5) is -0.246. The molecule has 0 bridgehead atoms. The SMILES string of the molecule is CC1(C)CN(S(=O)(=O)c2ccc(F)c(F)c2)CCO1. The maximum atomic E-state index is 13.1. The first kappa shape index (κ1) is 14.4. The Morgan fingerprint density at radius 2 is 1.95 bits per heavy atom. The van der Waals surface area contributed by atoms with E-state index in [2.05, 4.69) is 0 Å². The van der Waals surface area contributed by atoms with Gasteiger partial charge in [0, 0.05) is 13.1 Å². The lowest BCUT2D eigenvalue weighted by Crippen LogP contribution is -2.50. The van der Waals surface area contributed by atoms with Crippen molar-refractivity contribution in [1.29, 1.82) is 0 Å². The Morgan fingerprint density at radius 1 is 1.26 bits per heavy atom. The largest absolute Gasteiger partial charge is 0.373 e. The fourth-order valence-electron chi connectivity index (χ4n) is 1.96. The van der Waals surface area contributed by atoms with E-state index in [9.17, 15) is 17.2 Å². The number of benzene rings is 1. The second-order valence-electron chi connectivity index (χ2n) is 5.02. The first-order valence-corrected chi connectivity index (χ1v) is 7.25. The van der Waals surface area contributed by atoms with E-state index in [4.69, 9.17) is 4.74 Å². The molecular formula is C12H15F2NO3S. The maximum absolute atomic E-state index is 13.1. The fraction of sp³-hybridized carbons (Fsp3) is 0.500. The normalized spacial score (nSPS) is 20.4. The van der Waals surface area contributed by atoms with Crippen LogP contribution in [0.15, 0.2) is 23.1 Å². The van der Waals surface area contributed by atoms with E-state index in [-0.39, 0.29) is 24.6 Å². The minimum Gasteiger partial charge on any atom is -0.373 e. The van der Waals surface area contributed by atoms with E-state index in [1.165, 1.54) is 4.31 Å². The first-order chi connectivity index (χ1) is 8.72. The van der Waals surface area contributed by atoms with Crippen molar-refractivity contribution in [2.75, 3.05) is 19.7 Å². The fourth-order valence-corrected chi connectivity index (χ4v) is 3.55. The monoisotopic (exact) mass is 291 g/mol. The predicted molar refractivity (Wildman–Crippen MR) is 65.1 cm³/mol. The lowest BCUT2D eigenvalue weighted by Gasteiger charge is -2.37. The summed E-state index contributed by atoms with van der Waals surface area (Å²) in [7, 11) is -3.83. The molecule has 1 aromatic carbocycles. The molecule has 1 aromatic rings. The molecule has 0 radical (unpaired) electrons. The van der Waals surface area contributed by atoms with E-state index < -0.39 is 27.3 Å². The summed E-state index contributed by atoms with van der Waals surface area (Å²) in [6.07, 6.45) is 0. The van der Waals surface area contributed by atoms with Gasteiger partial charge in [0.1, 0.15) is 0 Å². The molecule has 1 aliphatic rings. The van der Waals surface area contributed by atoms with Crippen LogP contribution in [0.2, 0.25) is 0 Å². The van der Waals surface area contributed by atoms with Crippen molar-refractivity contribution in [2.45, 2.75) is 24.3 Å². The van der Waals surface area contributed by atoms with E-state index in [0.29, 0.717) is 6.07 Å². The molecule has 106 valence electrons. The zero-order valence-electron chi connectivity index (χ0n) is 10.7. The average molecular weight is 291 g/mol. The Kier molecular flexibility index (Phi) is 3.63. The molecule has 0 atom stereocenters. The van der Waals surface area contributed by atoms with Crippen molar-refractivity contribution < 1.29 is 21.9 Å². The van der Waals surface area contributed by atoms with Crippen molar-refractivity contribution in [3.63, 3.8) is 0 Å². The second-order valence-corrected chi connectivity index (χ2v) is 6.96. The van der Waals surface area contributed by atoms with Gasteiger partial charge in [0.15, 0.2) is 11.6 Å². The van der Waals surface area contributed by atoms with Gasteiger partial charge in [0.05, 0.1) is 17.1 Å². The number of halogens is 2. The molecule has 1 aliphatic heterocycles. The van der Waals surface area contributed by atoms with Crippen molar-refractivity contribution in [3.05, 3.63) is 29.8 Å². The minimum atomic E-state index is -3.83. The van der Waals surface area contributed by atoms with E-state index in [0.717, 1.165) is 12.1 Å². The summed E-state index contributed by atoms with van der Waals surface area (Å²) in [6.45, 7) is 4.20. The van der Waals surface area contributed by atoms with Gasteiger partial charge in [-0.3, -0.25) is 0 Å². The number of ether oxygens (including phenoxy) is 1. The smallest absolute Gasteiger partial charge is 0.243 e. The van der Waals surface area contributed by atoms with Gasteiger partial charge in [0.2, 0.25) is 10.0 Å². The summed E-state index contributed by atoms with van der Waals surface area (Å²) in [6, 6.07) is 2.58. The molecule has 1 fully saturated rings. The summed E-state index contributed by atoms with van der Waals surface area (Å²) in [5.74, 6) is -2.24. The lowest BCUT2D eigenvalue weighted by atomic mass is 10.1. The summed E-state index contributed by atoms with van der Waals surface area (Å²) in [5, 5.41) is 0. The molecule has 1 heterocycles. The van der Waals surface area contributed by atoms with E-state index in [1.54, 1.807) is 13.8 Å². The number of hydrogen-bond donors (Lipinski definition) is 0. The van der Waals surface area contributed by atoms with Crippen LogP contribution in [0.1, 0.15) is 13.8 Å². The highest BCUT2D eigenvalue weighted by Crippen LogP contribution is 2.24. The number of rotatable bonds is 2. The van der Waals surface area contributed by atoms with Crippen LogP contribution < -0.4 is 0 Å². The van der Waals surface area contributed by atoms with Crippen molar-refractivity contribution in [1.82, 2.24) is 4.31 Å². The van der Waals surface area contributed by atoms with Crippen molar-refractivity contribution in [3.8, 4) is 0 Å². The molecule has 0 amide bonds. The van der Waals surface area contributed by atoms with Crippen LogP contribution in [-0.4, -0.2) is 38.0 Å². The van der Waals surface area contributed by atoms with Crippen LogP contribution >= 0.6 is 0 Å². The number of sulfonamides is 1. The van der Waals surface area contributed by atoms with Crippen LogP contribution in [0.4, 0.5) is 8.78 Å². The molecule has 0 aromatic heterocycles. The number of hydrogen-bond acceptors (Lipinski definition) is 3. The highest BCUT2D eigenvalue weighted by Gasteiger charge is 2.35. The summed E-state index contributed by atoms with van der Waals surface area (Å²) >= 11 is 0. The van der Waals surface area contributed by atoms with Gasteiger partial charge in [-0.1, -0.05) is 0 Å². The van der Waals surface area contributed by atoms with Gasteiger partial charge in [-0.15, -0.1) is 0 Å². The van der Waals surface area contributed by atoms with E-state index in [1.807, 2.05) is 0 Å². The Hall–Kier alpha value is -1.05. The molecule has 0 saturated carbocycles. The van der Waals surface area contributed by atoms with Crippen LogP contribution in [0.3, 0.4) is 0 Å². The molecule has 0 N–H and O–H groups in total. The second kappa shape index (κ2) is 4.81. The zero-order valence-corrected chi connectivity index (χ0v) is 11.5. The number of nitrogens with zero attached hydrogens (tertiary/aromatic N) is 1. The van der Waals surface area contributed by atoms with E-state index >= 15 is 0 Å². The third kappa shape index (κ3) is 2.93. The van der Waals surface area contributed by atoms with Crippen LogP contribution in [0, 0.1) is 11.6 Å². The minimum absolute atomic E-state index is 0.175. The standard InChI is InChI=1S/C12H15F2NO3S/c1-12(2)8-15(5-6-18-12)19(16,17)9-3-4-10(13)11(14)7-9/h3-4,7H,5-6,8H2,1-2H3. The van der Waals surface area contributed by atoms with Gasteiger partial charge >= 0.3 is 0 Å². The Bertz CT molecular complexity index is 587. The maximum Gasteiger partial charge on any atom is 0.243 e. The molecule has 1 saturated heterocycles. The third-order valence-electron chi connectivity index (χ3n) is 2.92. The Labute approximate surface area is 111 Å². The zero-order chi connectivity index (χ0) is 14.3. The highest BCUT2D eigenvalue weighted by atomic mass is 32.2. The lowest BCUT2D eigenvalue weighted by molar-refractivity contribution is -0.0640. The van der Waals surface area contributed by atoms with Crippen molar-refractivity contribution >= 4 is 10.0 Å². The quantitative estimate of drug-likeness (QED) is 0.834. The molecule has 4 nitrogen and oxygen atoms in total. The van der Waals surface area contributed by atoms with Crippen LogP contribution in [-0.2, 0) is 14.8 Å². The van der Waals surface area contributed by atoms with Gasteiger partial charge in [-0.2, -0.15) is 4.31 Å². The average Bonchev–Trinajstić information content (AvgIpc) is 2.31. The molecule has 2 rings (SSSR count). The predicted octanol–water partition coefficient (Wildman–Crippen LogP) is 1.76. The number of morpholine rings is 1. The van der Waals surface area contributed by atoms with Gasteiger partial charge < -0.3 is 4.74 Å². The molecule has 19 heavy (non-hydrogen) atoms. The molecule has 0 unspecified atom stereocenters. The highest BCUT2D eigenvalue weighted by molar-refractivity contribution is 7.89. The summed E-state index contributed by atoms with van der Waals surface area (Å²) in [5.41, 5.74) is -0.593. The van der Waals surface area contributed by atoms with Crippen LogP contribution in [0.5, 0.6) is 0 Å². The topological polar surface area (TPSA) is 46.6 Å². The van der Waals surface area contributed by atoms with Gasteiger partial charge in [-0.05, 0) is 32.0 Å². The third-order valence-corrected chi connectivity index (χ3v) is 4.76. The van der Waals surface area contributed by atoms with Gasteiger partial charge in [-0.25, -0.2) is 17.2 Å². The van der Waals surface area contributed by atoms with Gasteiger partial charge in [0.25, 0.3) is 0 Å². The Balaban J connectivity index is 2.34. The molecule has 0 aliphatic carbocycles. The summed E-state index contributed by atoms with van der Waals surface area (Å²) < 4.78 is 57.3. The van der Waals surface area contributed by atoms with Crippen molar-refractivity contribution in [2.24, 2.45) is 0 Å². The molecular weight excluding hydrogens is 276 g/mol. The van der Waals surface area contributed by atoms with Crippen LogP contribution in [0.25, 0.3) is 0 Å². The molecule has 0 spiro atoms. The Morgan fingerprint density at radius 3 is 2.53 bits per heavy atom.